The van der Waals surface area contributed by atoms with E-state index in [1.54, 1.807) is 4.90 Å². The number of hydrogen-bond acceptors (Lipinski definition) is 2. The molecule has 23 heavy (non-hydrogen) atoms. The summed E-state index contributed by atoms with van der Waals surface area (Å²) in [7, 11) is 0. The fourth-order valence-corrected chi connectivity index (χ4v) is 2.42. The van der Waals surface area contributed by atoms with E-state index in [-0.39, 0.29) is 17.5 Å². The molecule has 2 aromatic carbocycles. The lowest BCUT2D eigenvalue weighted by Crippen LogP contribution is -2.32. The van der Waals surface area contributed by atoms with Crippen molar-refractivity contribution in [3.63, 3.8) is 0 Å². The van der Waals surface area contributed by atoms with E-state index in [9.17, 15) is 9.18 Å². The molecule has 0 aromatic heterocycles. The van der Waals surface area contributed by atoms with Gasteiger partial charge in [0.2, 0.25) is 0 Å². The zero-order valence-electron chi connectivity index (χ0n) is 12.9. The maximum absolute atomic E-state index is 13.3. The summed E-state index contributed by atoms with van der Waals surface area (Å²) in [4.78, 5) is 14.3. The van der Waals surface area contributed by atoms with Crippen molar-refractivity contribution in [3.05, 3.63) is 70.0 Å². The van der Waals surface area contributed by atoms with Crippen LogP contribution >= 0.6 is 11.6 Å². The summed E-state index contributed by atoms with van der Waals surface area (Å²) in [6, 6.07) is 11.8. The number of aliphatic hydroxyl groups is 1. The molecular weight excluding hydrogens is 317 g/mol. The lowest BCUT2D eigenvalue weighted by molar-refractivity contribution is 0.0732. The lowest BCUT2D eigenvalue weighted by Gasteiger charge is -2.23. The van der Waals surface area contributed by atoms with Crippen molar-refractivity contribution < 1.29 is 14.3 Å². The quantitative estimate of drug-likeness (QED) is 0.872. The van der Waals surface area contributed by atoms with Gasteiger partial charge in [-0.15, -0.1) is 0 Å². The number of rotatable bonds is 6. The fraction of sp³-hybridized carbons (Fsp3) is 0.278. The smallest absolute Gasteiger partial charge is 0.254 e. The highest BCUT2D eigenvalue weighted by Gasteiger charge is 2.17. The molecular formula is C18H19ClFNO2. The highest BCUT2D eigenvalue weighted by atomic mass is 35.5. The number of carbonyl (C=O) groups excluding carboxylic acids is 1. The van der Waals surface area contributed by atoms with Crippen LogP contribution in [0.4, 0.5) is 4.39 Å². The van der Waals surface area contributed by atoms with Gasteiger partial charge in [0.15, 0.2) is 0 Å². The van der Waals surface area contributed by atoms with Crippen LogP contribution in [0.1, 0.15) is 27.9 Å². The van der Waals surface area contributed by atoms with Crippen LogP contribution in [-0.4, -0.2) is 29.1 Å². The van der Waals surface area contributed by atoms with Crippen molar-refractivity contribution in [1.29, 1.82) is 0 Å². The topological polar surface area (TPSA) is 40.5 Å². The Morgan fingerprint density at radius 1 is 1.22 bits per heavy atom. The molecule has 3 nitrogen and oxygen atoms in total. The Bertz CT molecular complexity index is 673. The van der Waals surface area contributed by atoms with Crippen LogP contribution in [0.5, 0.6) is 0 Å². The van der Waals surface area contributed by atoms with E-state index in [0.29, 0.717) is 25.1 Å². The third kappa shape index (κ3) is 4.78. The Morgan fingerprint density at radius 3 is 2.52 bits per heavy atom. The van der Waals surface area contributed by atoms with Gasteiger partial charge >= 0.3 is 0 Å². The molecule has 0 fully saturated rings. The molecule has 0 aliphatic rings. The van der Waals surface area contributed by atoms with Crippen LogP contribution in [0.3, 0.4) is 0 Å². The average molecular weight is 336 g/mol. The first-order valence-corrected chi connectivity index (χ1v) is 7.80. The largest absolute Gasteiger partial charge is 0.396 e. The molecule has 1 amide bonds. The number of benzene rings is 2. The fourth-order valence-electron chi connectivity index (χ4n) is 2.24. The van der Waals surface area contributed by atoms with Gasteiger partial charge < -0.3 is 10.0 Å². The van der Waals surface area contributed by atoms with Gasteiger partial charge in [-0.25, -0.2) is 4.39 Å². The summed E-state index contributed by atoms with van der Waals surface area (Å²) in [6.45, 7) is 2.84. The van der Waals surface area contributed by atoms with Crippen LogP contribution in [-0.2, 0) is 6.54 Å². The predicted molar refractivity (Wildman–Crippen MR) is 89.0 cm³/mol. The molecule has 0 radical (unpaired) electrons. The summed E-state index contributed by atoms with van der Waals surface area (Å²) >= 11 is 5.76. The second-order valence-corrected chi connectivity index (χ2v) is 5.83. The molecule has 5 heteroatoms. The monoisotopic (exact) mass is 335 g/mol. The van der Waals surface area contributed by atoms with Crippen LogP contribution in [0.25, 0.3) is 0 Å². The van der Waals surface area contributed by atoms with Crippen LogP contribution in [0.2, 0.25) is 5.02 Å². The molecule has 0 atom stereocenters. The molecule has 0 bridgehead atoms. The Kier molecular flexibility index (Phi) is 6.13. The number of halogens is 2. The van der Waals surface area contributed by atoms with Crippen molar-refractivity contribution in [1.82, 2.24) is 4.90 Å². The Balaban J connectivity index is 2.20. The van der Waals surface area contributed by atoms with Gasteiger partial charge in [-0.05, 0) is 37.1 Å². The molecule has 0 aliphatic heterocycles. The average Bonchev–Trinajstić information content (AvgIpc) is 2.55. The Labute approximate surface area is 140 Å². The number of aryl methyl sites for hydroxylation is 1. The van der Waals surface area contributed by atoms with Gasteiger partial charge in [0.25, 0.3) is 5.91 Å². The van der Waals surface area contributed by atoms with E-state index >= 15 is 0 Å². The van der Waals surface area contributed by atoms with E-state index < -0.39 is 5.82 Å². The third-order valence-corrected chi connectivity index (χ3v) is 3.82. The minimum atomic E-state index is -0.552. The predicted octanol–water partition coefficient (Wildman–Crippen LogP) is 3.81. The maximum atomic E-state index is 13.3. The van der Waals surface area contributed by atoms with Crippen LogP contribution < -0.4 is 0 Å². The SMILES string of the molecule is Cc1ccc(CN(CCCO)C(=O)c2ccc(F)c(Cl)c2)cc1. The molecule has 0 saturated carbocycles. The minimum Gasteiger partial charge on any atom is -0.396 e. The molecule has 0 heterocycles. The summed E-state index contributed by atoms with van der Waals surface area (Å²) in [5, 5.41) is 8.97. The van der Waals surface area contributed by atoms with Crippen LogP contribution in [0.15, 0.2) is 42.5 Å². The number of nitrogens with zero attached hydrogens (tertiary/aromatic N) is 1. The van der Waals surface area contributed by atoms with E-state index in [0.717, 1.165) is 11.1 Å². The Morgan fingerprint density at radius 2 is 1.91 bits per heavy atom. The molecule has 0 saturated heterocycles. The lowest BCUT2D eigenvalue weighted by atomic mass is 10.1. The van der Waals surface area contributed by atoms with Crippen molar-refractivity contribution in [3.8, 4) is 0 Å². The van der Waals surface area contributed by atoms with Crippen molar-refractivity contribution in [2.24, 2.45) is 0 Å². The molecule has 2 rings (SSSR count). The highest BCUT2D eigenvalue weighted by Crippen LogP contribution is 2.18. The molecule has 0 aliphatic carbocycles. The molecule has 2 aromatic rings. The van der Waals surface area contributed by atoms with E-state index in [1.807, 2.05) is 31.2 Å². The number of hydrogen-bond donors (Lipinski definition) is 1. The van der Waals surface area contributed by atoms with Gasteiger partial charge in [0.05, 0.1) is 5.02 Å². The van der Waals surface area contributed by atoms with Gasteiger partial charge in [0.1, 0.15) is 5.82 Å². The summed E-state index contributed by atoms with van der Waals surface area (Å²) < 4.78 is 13.3. The first-order chi connectivity index (χ1) is 11.0. The first-order valence-electron chi connectivity index (χ1n) is 7.42. The van der Waals surface area contributed by atoms with E-state index in [1.165, 1.54) is 18.2 Å². The summed E-state index contributed by atoms with van der Waals surface area (Å²) in [5.41, 5.74) is 2.48. The molecule has 1 N–H and O–H groups in total. The Hall–Kier alpha value is -1.91. The summed E-state index contributed by atoms with van der Waals surface area (Å²) in [5.74, 6) is -0.787. The van der Waals surface area contributed by atoms with E-state index in [4.69, 9.17) is 16.7 Å². The van der Waals surface area contributed by atoms with Crippen molar-refractivity contribution in [2.45, 2.75) is 19.9 Å². The molecule has 0 unspecified atom stereocenters. The number of amides is 1. The number of carbonyl (C=O) groups is 1. The molecule has 122 valence electrons. The second-order valence-electron chi connectivity index (χ2n) is 5.42. The van der Waals surface area contributed by atoms with Gasteiger partial charge in [0, 0.05) is 25.3 Å². The zero-order chi connectivity index (χ0) is 16.8. The van der Waals surface area contributed by atoms with Gasteiger partial charge in [-0.3, -0.25) is 4.79 Å². The van der Waals surface area contributed by atoms with Gasteiger partial charge in [-0.2, -0.15) is 0 Å². The summed E-state index contributed by atoms with van der Waals surface area (Å²) in [6.07, 6.45) is 0.479. The minimum absolute atomic E-state index is 0.00184. The third-order valence-electron chi connectivity index (χ3n) is 3.53. The number of aliphatic hydroxyl groups excluding tert-OH is 1. The normalized spacial score (nSPS) is 10.6. The van der Waals surface area contributed by atoms with Crippen molar-refractivity contribution >= 4 is 17.5 Å². The van der Waals surface area contributed by atoms with Crippen molar-refractivity contribution in [2.75, 3.05) is 13.2 Å². The standard InChI is InChI=1S/C18H19ClFNO2/c1-13-3-5-14(6-4-13)12-21(9-2-10-22)18(23)15-7-8-17(20)16(19)11-15/h3-8,11,22H,2,9-10,12H2,1H3. The zero-order valence-corrected chi connectivity index (χ0v) is 13.7. The second kappa shape index (κ2) is 8.09. The highest BCUT2D eigenvalue weighted by molar-refractivity contribution is 6.31. The van der Waals surface area contributed by atoms with E-state index in [2.05, 4.69) is 0 Å². The maximum Gasteiger partial charge on any atom is 0.254 e. The van der Waals surface area contributed by atoms with Crippen LogP contribution in [0, 0.1) is 12.7 Å². The van der Waals surface area contributed by atoms with Gasteiger partial charge in [-0.1, -0.05) is 41.4 Å². The first kappa shape index (κ1) is 17.4. The molecule has 0 spiro atoms.